The molecule has 0 spiro atoms. The summed E-state index contributed by atoms with van der Waals surface area (Å²) in [4.78, 5) is 27.5. The van der Waals surface area contributed by atoms with E-state index in [4.69, 9.17) is 4.42 Å². The van der Waals surface area contributed by atoms with Gasteiger partial charge in [-0.15, -0.1) is 0 Å². The summed E-state index contributed by atoms with van der Waals surface area (Å²) in [6.07, 6.45) is 3.13. The molecule has 0 bridgehead atoms. The van der Waals surface area contributed by atoms with Crippen LogP contribution in [0.15, 0.2) is 47.1 Å². The van der Waals surface area contributed by atoms with E-state index < -0.39 is 0 Å². The minimum Gasteiger partial charge on any atom is -0.468 e. The van der Waals surface area contributed by atoms with Gasteiger partial charge in [-0.25, -0.2) is 0 Å². The third-order valence-corrected chi connectivity index (χ3v) is 3.96. The first kappa shape index (κ1) is 16.3. The van der Waals surface area contributed by atoms with Gasteiger partial charge in [0.25, 0.3) is 0 Å². The average Bonchev–Trinajstić information content (AvgIpc) is 3.19. The fraction of sp³-hybridized carbons (Fsp3) is 0.333. The first-order valence-corrected chi connectivity index (χ1v) is 8.03. The topological polar surface area (TPSA) is 65.8 Å². The molecule has 1 aromatic carbocycles. The molecule has 6 nitrogen and oxygen atoms in total. The Morgan fingerprint density at radius 3 is 2.71 bits per heavy atom. The highest BCUT2D eigenvalue weighted by molar-refractivity contribution is 5.96. The monoisotopic (exact) mass is 327 g/mol. The van der Waals surface area contributed by atoms with Crippen LogP contribution < -0.4 is 10.2 Å². The summed E-state index contributed by atoms with van der Waals surface area (Å²) >= 11 is 0. The maximum Gasteiger partial charge on any atom is 0.238 e. The lowest BCUT2D eigenvalue weighted by molar-refractivity contribution is -0.118. The molecule has 2 amide bonds. The van der Waals surface area contributed by atoms with Gasteiger partial charge in [0.1, 0.15) is 5.76 Å². The predicted molar refractivity (Wildman–Crippen MR) is 91.7 cm³/mol. The van der Waals surface area contributed by atoms with E-state index in [1.165, 1.54) is 0 Å². The van der Waals surface area contributed by atoms with Crippen LogP contribution in [-0.2, 0) is 16.1 Å². The number of carbonyl (C=O) groups excluding carboxylic acids is 2. The zero-order valence-electron chi connectivity index (χ0n) is 13.7. The lowest BCUT2D eigenvalue weighted by Crippen LogP contribution is -2.29. The van der Waals surface area contributed by atoms with Crippen LogP contribution >= 0.6 is 0 Å². The standard InChI is InChI=1S/C18H21N3O3/c1-20(12-16-4-3-11-24-16)13-17(22)19-14-6-8-15(9-7-14)21-10-2-5-18(21)23/h3-4,6-9,11H,2,5,10,12-13H2,1H3,(H,19,22). The minimum atomic E-state index is -0.0888. The normalized spacial score (nSPS) is 14.4. The Morgan fingerprint density at radius 2 is 2.08 bits per heavy atom. The van der Waals surface area contributed by atoms with Crippen molar-refractivity contribution < 1.29 is 14.0 Å². The second-order valence-corrected chi connectivity index (χ2v) is 6.00. The number of likely N-dealkylation sites (N-methyl/N-ethyl adjacent to an activating group) is 1. The second-order valence-electron chi connectivity index (χ2n) is 6.00. The van der Waals surface area contributed by atoms with Crippen molar-refractivity contribution in [1.29, 1.82) is 0 Å². The molecular weight excluding hydrogens is 306 g/mol. The van der Waals surface area contributed by atoms with Gasteiger partial charge in [0.05, 0.1) is 19.4 Å². The van der Waals surface area contributed by atoms with Crippen LogP contribution in [0.1, 0.15) is 18.6 Å². The van der Waals surface area contributed by atoms with Crippen molar-refractivity contribution in [3.63, 3.8) is 0 Å². The Bertz CT molecular complexity index is 695. The molecule has 2 heterocycles. The zero-order chi connectivity index (χ0) is 16.9. The summed E-state index contributed by atoms with van der Waals surface area (Å²) in [6.45, 7) is 1.62. The molecule has 3 rings (SSSR count). The van der Waals surface area contributed by atoms with Crippen LogP contribution in [0.4, 0.5) is 11.4 Å². The quantitative estimate of drug-likeness (QED) is 0.885. The van der Waals surface area contributed by atoms with Gasteiger partial charge >= 0.3 is 0 Å². The van der Waals surface area contributed by atoms with Gasteiger partial charge in [-0.05, 0) is 49.9 Å². The molecule has 1 aliphatic heterocycles. The van der Waals surface area contributed by atoms with Crippen LogP contribution in [0.25, 0.3) is 0 Å². The Labute approximate surface area is 141 Å². The Kier molecular flexibility index (Phi) is 4.96. The Morgan fingerprint density at radius 1 is 1.29 bits per heavy atom. The molecule has 24 heavy (non-hydrogen) atoms. The van der Waals surface area contributed by atoms with Crippen molar-refractivity contribution in [2.24, 2.45) is 0 Å². The van der Waals surface area contributed by atoms with E-state index in [9.17, 15) is 9.59 Å². The van der Waals surface area contributed by atoms with E-state index in [2.05, 4.69) is 5.32 Å². The summed E-state index contributed by atoms with van der Waals surface area (Å²) in [5.74, 6) is 0.894. The third-order valence-electron chi connectivity index (χ3n) is 3.96. The van der Waals surface area contributed by atoms with E-state index >= 15 is 0 Å². The largest absolute Gasteiger partial charge is 0.468 e. The molecule has 0 aliphatic carbocycles. The number of amides is 2. The SMILES string of the molecule is CN(CC(=O)Nc1ccc(N2CCCC2=O)cc1)Cc1ccco1. The summed E-state index contributed by atoms with van der Waals surface area (Å²) in [7, 11) is 1.87. The maximum atomic E-state index is 12.1. The van der Waals surface area contributed by atoms with Crippen molar-refractivity contribution in [2.75, 3.05) is 30.4 Å². The number of nitrogens with zero attached hydrogens (tertiary/aromatic N) is 2. The van der Waals surface area contributed by atoms with Crippen molar-refractivity contribution in [3.05, 3.63) is 48.4 Å². The summed E-state index contributed by atoms with van der Waals surface area (Å²) < 4.78 is 5.27. The molecule has 1 N–H and O–H groups in total. The molecule has 0 unspecified atom stereocenters. The smallest absolute Gasteiger partial charge is 0.238 e. The molecule has 1 fully saturated rings. The number of benzene rings is 1. The van der Waals surface area contributed by atoms with Gasteiger partial charge in [-0.2, -0.15) is 0 Å². The molecule has 6 heteroatoms. The zero-order valence-corrected chi connectivity index (χ0v) is 13.7. The van der Waals surface area contributed by atoms with Gasteiger partial charge < -0.3 is 14.6 Å². The van der Waals surface area contributed by atoms with Gasteiger partial charge in [-0.3, -0.25) is 14.5 Å². The molecule has 0 atom stereocenters. The number of rotatable bonds is 6. The molecule has 0 radical (unpaired) electrons. The first-order valence-electron chi connectivity index (χ1n) is 8.03. The molecule has 2 aromatic rings. The highest BCUT2D eigenvalue weighted by Gasteiger charge is 2.21. The molecule has 0 saturated carbocycles. The highest BCUT2D eigenvalue weighted by atomic mass is 16.3. The third kappa shape index (κ3) is 4.02. The number of hydrogen-bond acceptors (Lipinski definition) is 4. The number of furan rings is 1. The lowest BCUT2D eigenvalue weighted by Gasteiger charge is -2.17. The molecule has 1 saturated heterocycles. The Balaban J connectivity index is 1.51. The van der Waals surface area contributed by atoms with E-state index in [0.29, 0.717) is 13.0 Å². The van der Waals surface area contributed by atoms with Crippen molar-refractivity contribution >= 4 is 23.2 Å². The van der Waals surface area contributed by atoms with Gasteiger partial charge in [0, 0.05) is 24.3 Å². The van der Waals surface area contributed by atoms with Crippen LogP contribution in [0.5, 0.6) is 0 Å². The van der Waals surface area contributed by atoms with E-state index in [-0.39, 0.29) is 18.4 Å². The molecule has 126 valence electrons. The number of nitrogens with one attached hydrogen (secondary N) is 1. The molecule has 1 aliphatic rings. The average molecular weight is 327 g/mol. The number of anilines is 2. The van der Waals surface area contributed by atoms with E-state index in [1.807, 2.05) is 48.3 Å². The Hall–Kier alpha value is -2.60. The summed E-state index contributed by atoms with van der Waals surface area (Å²) in [5.41, 5.74) is 1.60. The van der Waals surface area contributed by atoms with Crippen LogP contribution in [0.2, 0.25) is 0 Å². The minimum absolute atomic E-state index is 0.0888. The second kappa shape index (κ2) is 7.31. The highest BCUT2D eigenvalue weighted by Crippen LogP contribution is 2.23. The fourth-order valence-electron chi connectivity index (χ4n) is 2.82. The van der Waals surface area contributed by atoms with E-state index in [0.717, 1.165) is 30.1 Å². The maximum absolute atomic E-state index is 12.1. The number of carbonyl (C=O) groups is 2. The van der Waals surface area contributed by atoms with Crippen molar-refractivity contribution in [1.82, 2.24) is 4.90 Å². The fourth-order valence-corrected chi connectivity index (χ4v) is 2.82. The van der Waals surface area contributed by atoms with Crippen LogP contribution in [0.3, 0.4) is 0 Å². The van der Waals surface area contributed by atoms with Gasteiger partial charge in [-0.1, -0.05) is 0 Å². The van der Waals surface area contributed by atoms with Gasteiger partial charge in [0.15, 0.2) is 0 Å². The van der Waals surface area contributed by atoms with Crippen molar-refractivity contribution in [3.8, 4) is 0 Å². The first-order chi connectivity index (χ1) is 11.6. The van der Waals surface area contributed by atoms with Crippen LogP contribution in [0, 0.1) is 0 Å². The molecular formula is C18H21N3O3. The van der Waals surface area contributed by atoms with Crippen molar-refractivity contribution in [2.45, 2.75) is 19.4 Å². The summed E-state index contributed by atoms with van der Waals surface area (Å²) in [6, 6.07) is 11.1. The van der Waals surface area contributed by atoms with Crippen LogP contribution in [-0.4, -0.2) is 36.9 Å². The van der Waals surface area contributed by atoms with Gasteiger partial charge in [0.2, 0.25) is 11.8 Å². The summed E-state index contributed by atoms with van der Waals surface area (Å²) in [5, 5.41) is 2.87. The number of hydrogen-bond donors (Lipinski definition) is 1. The predicted octanol–water partition coefficient (Wildman–Crippen LogP) is 2.48. The lowest BCUT2D eigenvalue weighted by atomic mass is 10.2. The van der Waals surface area contributed by atoms with E-state index in [1.54, 1.807) is 11.2 Å². The molecule has 1 aromatic heterocycles.